The molecule has 0 radical (unpaired) electrons. The Bertz CT molecular complexity index is 667. The van der Waals surface area contributed by atoms with E-state index in [0.29, 0.717) is 6.04 Å². The van der Waals surface area contributed by atoms with Crippen molar-refractivity contribution in [2.45, 2.75) is 19.4 Å². The fourth-order valence-corrected chi connectivity index (χ4v) is 3.53. The van der Waals surface area contributed by atoms with Gasteiger partial charge in [0, 0.05) is 44.0 Å². The van der Waals surface area contributed by atoms with Gasteiger partial charge in [0.1, 0.15) is 11.5 Å². The SMILES string of the molecule is COc1ccc(C[C@@H](C)N2CCN(c3ccccc3)CC2)c(OC)c1. The Balaban J connectivity index is 1.59. The van der Waals surface area contributed by atoms with Crippen LogP contribution in [0.15, 0.2) is 48.5 Å². The van der Waals surface area contributed by atoms with Crippen molar-refractivity contribution in [2.24, 2.45) is 0 Å². The largest absolute Gasteiger partial charge is 0.497 e. The summed E-state index contributed by atoms with van der Waals surface area (Å²) in [4.78, 5) is 5.04. The third kappa shape index (κ3) is 4.26. The lowest BCUT2D eigenvalue weighted by molar-refractivity contribution is 0.195. The molecular formula is C21H28N2O2. The molecule has 0 N–H and O–H groups in total. The summed E-state index contributed by atoms with van der Waals surface area (Å²) in [6, 6.07) is 17.3. The van der Waals surface area contributed by atoms with Crippen molar-refractivity contribution in [1.29, 1.82) is 0 Å². The van der Waals surface area contributed by atoms with E-state index in [4.69, 9.17) is 9.47 Å². The Morgan fingerprint density at radius 3 is 2.28 bits per heavy atom. The second-order valence-corrected chi connectivity index (χ2v) is 6.59. The number of para-hydroxylation sites is 1. The highest BCUT2D eigenvalue weighted by atomic mass is 16.5. The first kappa shape index (κ1) is 17.6. The van der Waals surface area contributed by atoms with Crippen LogP contribution in [0.3, 0.4) is 0 Å². The zero-order valence-electron chi connectivity index (χ0n) is 15.4. The van der Waals surface area contributed by atoms with E-state index in [2.05, 4.69) is 53.1 Å². The van der Waals surface area contributed by atoms with Crippen molar-refractivity contribution in [3.63, 3.8) is 0 Å². The average molecular weight is 340 g/mol. The fourth-order valence-electron chi connectivity index (χ4n) is 3.53. The molecule has 2 aromatic rings. The van der Waals surface area contributed by atoms with Crippen LogP contribution < -0.4 is 14.4 Å². The van der Waals surface area contributed by atoms with Crippen molar-refractivity contribution in [1.82, 2.24) is 4.90 Å². The molecule has 1 saturated heterocycles. The van der Waals surface area contributed by atoms with E-state index in [1.165, 1.54) is 11.3 Å². The summed E-state index contributed by atoms with van der Waals surface area (Å²) in [5, 5.41) is 0. The Morgan fingerprint density at radius 1 is 0.920 bits per heavy atom. The second-order valence-electron chi connectivity index (χ2n) is 6.59. The van der Waals surface area contributed by atoms with Crippen molar-refractivity contribution in [3.8, 4) is 11.5 Å². The molecule has 3 rings (SSSR count). The highest BCUT2D eigenvalue weighted by Crippen LogP contribution is 2.27. The van der Waals surface area contributed by atoms with E-state index in [1.54, 1.807) is 14.2 Å². The number of rotatable bonds is 6. The third-order valence-corrected chi connectivity index (χ3v) is 5.07. The van der Waals surface area contributed by atoms with Crippen LogP contribution in [-0.2, 0) is 6.42 Å². The normalized spacial score (nSPS) is 16.5. The minimum Gasteiger partial charge on any atom is -0.497 e. The van der Waals surface area contributed by atoms with E-state index >= 15 is 0 Å². The number of hydrogen-bond acceptors (Lipinski definition) is 4. The summed E-state index contributed by atoms with van der Waals surface area (Å²) in [5.41, 5.74) is 2.56. The molecule has 0 saturated carbocycles. The van der Waals surface area contributed by atoms with Crippen LogP contribution in [0.5, 0.6) is 11.5 Å². The topological polar surface area (TPSA) is 24.9 Å². The van der Waals surface area contributed by atoms with Gasteiger partial charge in [0.05, 0.1) is 14.2 Å². The van der Waals surface area contributed by atoms with Gasteiger partial charge in [-0.1, -0.05) is 24.3 Å². The summed E-state index contributed by atoms with van der Waals surface area (Å²) in [6.45, 7) is 6.65. The van der Waals surface area contributed by atoms with Crippen LogP contribution in [0.2, 0.25) is 0 Å². The lowest BCUT2D eigenvalue weighted by atomic mass is 10.0. The molecule has 0 unspecified atom stereocenters. The van der Waals surface area contributed by atoms with Gasteiger partial charge < -0.3 is 14.4 Å². The predicted molar refractivity (Wildman–Crippen MR) is 103 cm³/mol. The monoisotopic (exact) mass is 340 g/mol. The predicted octanol–water partition coefficient (Wildman–Crippen LogP) is 3.46. The average Bonchev–Trinajstić information content (AvgIpc) is 2.69. The van der Waals surface area contributed by atoms with Gasteiger partial charge in [-0.25, -0.2) is 0 Å². The summed E-state index contributed by atoms with van der Waals surface area (Å²) < 4.78 is 10.8. The Kier molecular flexibility index (Phi) is 5.82. The Morgan fingerprint density at radius 2 is 1.64 bits per heavy atom. The molecule has 0 aromatic heterocycles. The summed E-state index contributed by atoms with van der Waals surface area (Å²) in [5.74, 6) is 1.75. The minimum absolute atomic E-state index is 0.486. The molecule has 0 aliphatic carbocycles. The number of methoxy groups -OCH3 is 2. The molecule has 1 heterocycles. The summed E-state index contributed by atoms with van der Waals surface area (Å²) >= 11 is 0. The quantitative estimate of drug-likeness (QED) is 0.804. The van der Waals surface area contributed by atoms with Crippen LogP contribution in [0.1, 0.15) is 12.5 Å². The van der Waals surface area contributed by atoms with Crippen LogP contribution in [0.25, 0.3) is 0 Å². The molecule has 4 nitrogen and oxygen atoms in total. The van der Waals surface area contributed by atoms with Crippen molar-refractivity contribution >= 4 is 5.69 Å². The number of hydrogen-bond donors (Lipinski definition) is 0. The van der Waals surface area contributed by atoms with E-state index in [9.17, 15) is 0 Å². The van der Waals surface area contributed by atoms with Crippen molar-refractivity contribution < 1.29 is 9.47 Å². The van der Waals surface area contributed by atoms with Gasteiger partial charge in [-0.2, -0.15) is 0 Å². The van der Waals surface area contributed by atoms with Gasteiger partial charge in [0.25, 0.3) is 0 Å². The lowest BCUT2D eigenvalue weighted by Crippen LogP contribution is -2.50. The number of piperazine rings is 1. The molecule has 134 valence electrons. The highest BCUT2D eigenvalue weighted by Gasteiger charge is 2.22. The first-order chi connectivity index (χ1) is 12.2. The zero-order valence-corrected chi connectivity index (χ0v) is 15.4. The fraction of sp³-hybridized carbons (Fsp3) is 0.429. The van der Waals surface area contributed by atoms with E-state index in [-0.39, 0.29) is 0 Å². The van der Waals surface area contributed by atoms with E-state index < -0.39 is 0 Å². The van der Waals surface area contributed by atoms with Crippen LogP contribution in [-0.4, -0.2) is 51.3 Å². The molecule has 1 atom stereocenters. The number of ether oxygens (including phenoxy) is 2. The highest BCUT2D eigenvalue weighted by molar-refractivity contribution is 5.46. The molecular weight excluding hydrogens is 312 g/mol. The maximum Gasteiger partial charge on any atom is 0.125 e. The van der Waals surface area contributed by atoms with Gasteiger partial charge >= 0.3 is 0 Å². The van der Waals surface area contributed by atoms with E-state index in [0.717, 1.165) is 44.1 Å². The first-order valence-electron chi connectivity index (χ1n) is 8.96. The van der Waals surface area contributed by atoms with Gasteiger partial charge in [0.2, 0.25) is 0 Å². The zero-order chi connectivity index (χ0) is 17.6. The number of benzene rings is 2. The lowest BCUT2D eigenvalue weighted by Gasteiger charge is -2.39. The smallest absolute Gasteiger partial charge is 0.125 e. The molecule has 2 aromatic carbocycles. The van der Waals surface area contributed by atoms with Gasteiger partial charge in [0.15, 0.2) is 0 Å². The molecule has 0 spiro atoms. The van der Waals surface area contributed by atoms with Crippen LogP contribution >= 0.6 is 0 Å². The maximum atomic E-state index is 5.54. The van der Waals surface area contributed by atoms with E-state index in [1.807, 2.05) is 12.1 Å². The molecule has 1 aliphatic rings. The maximum absolute atomic E-state index is 5.54. The third-order valence-electron chi connectivity index (χ3n) is 5.07. The Hall–Kier alpha value is -2.20. The van der Waals surface area contributed by atoms with Gasteiger partial charge in [-0.15, -0.1) is 0 Å². The molecule has 1 fully saturated rings. The number of nitrogens with zero attached hydrogens (tertiary/aromatic N) is 2. The number of anilines is 1. The summed E-state index contributed by atoms with van der Waals surface area (Å²) in [6.07, 6.45) is 0.985. The Labute approximate surface area is 151 Å². The minimum atomic E-state index is 0.486. The molecule has 4 heteroatoms. The molecule has 0 amide bonds. The first-order valence-corrected chi connectivity index (χ1v) is 8.96. The molecule has 25 heavy (non-hydrogen) atoms. The van der Waals surface area contributed by atoms with Crippen molar-refractivity contribution in [3.05, 3.63) is 54.1 Å². The van der Waals surface area contributed by atoms with Gasteiger partial charge in [-0.3, -0.25) is 4.90 Å². The molecule has 1 aliphatic heterocycles. The van der Waals surface area contributed by atoms with Crippen molar-refractivity contribution in [2.75, 3.05) is 45.3 Å². The van der Waals surface area contributed by atoms with Crippen LogP contribution in [0.4, 0.5) is 5.69 Å². The molecule has 0 bridgehead atoms. The second kappa shape index (κ2) is 8.26. The van der Waals surface area contributed by atoms with Gasteiger partial charge in [-0.05, 0) is 37.1 Å². The van der Waals surface area contributed by atoms with Crippen LogP contribution in [0, 0.1) is 0 Å². The summed E-state index contributed by atoms with van der Waals surface area (Å²) in [7, 11) is 3.41. The standard InChI is InChI=1S/C21H28N2O2/c1-17(15-18-9-10-20(24-2)16-21(18)25-3)22-11-13-23(14-12-22)19-7-5-4-6-8-19/h4-10,16-17H,11-15H2,1-3H3/t17-/m1/s1.